The van der Waals surface area contributed by atoms with Gasteiger partial charge in [-0.2, -0.15) is 0 Å². The lowest BCUT2D eigenvalue weighted by Crippen LogP contribution is -2.29. The van der Waals surface area contributed by atoms with Gasteiger partial charge >= 0.3 is 5.97 Å². The van der Waals surface area contributed by atoms with E-state index in [9.17, 15) is 9.90 Å². The number of fused-ring (bicyclic) bond motifs is 1. The molecule has 210 valence electrons. The van der Waals surface area contributed by atoms with Gasteiger partial charge in [-0.25, -0.2) is 4.79 Å². The zero-order valence-electron chi connectivity index (χ0n) is 23.1. The molecule has 7 nitrogen and oxygen atoms in total. The predicted molar refractivity (Wildman–Crippen MR) is 163 cm³/mol. The van der Waals surface area contributed by atoms with E-state index in [0.717, 1.165) is 11.8 Å². The molecule has 2 aromatic rings. The Labute approximate surface area is 241 Å². The van der Waals surface area contributed by atoms with Crippen molar-refractivity contribution in [1.29, 1.82) is 0 Å². The molecule has 40 heavy (non-hydrogen) atoms. The molecule has 1 heterocycles. The minimum Gasteiger partial charge on any atom is -0.516 e. The average Bonchev–Trinajstić information content (AvgIpc) is 3.23. The Morgan fingerprint density at radius 3 is 2.60 bits per heavy atom. The Morgan fingerprint density at radius 2 is 1.95 bits per heavy atom. The number of thiocarbonyl (C=S) groups is 1. The number of carbonyl (C=O) groups excluding carboxylic acids is 1. The van der Waals surface area contributed by atoms with E-state index in [1.807, 2.05) is 62.4 Å². The first-order valence-electron chi connectivity index (χ1n) is 13.1. The topological polar surface area (TPSA) is 100 Å². The molecule has 1 atom stereocenters. The summed E-state index contributed by atoms with van der Waals surface area (Å²) in [5.74, 6) is -0.139. The summed E-state index contributed by atoms with van der Waals surface area (Å²) in [6.45, 7) is 10.3. The molecule has 3 rings (SSSR count). The SMILES string of the molecule is C=C/C(=C(\C=C(\O)CC)OC/C=C/O)C1(C/C=C\C)OC(=O)c2cc(NC(=S)NCc3ccc(C)cc3)ccc21. The normalized spacial score (nSPS) is 17.4. The van der Waals surface area contributed by atoms with Crippen molar-refractivity contribution in [1.82, 2.24) is 5.32 Å². The van der Waals surface area contributed by atoms with Crippen molar-refractivity contribution in [2.24, 2.45) is 0 Å². The van der Waals surface area contributed by atoms with Gasteiger partial charge in [-0.05, 0) is 49.8 Å². The van der Waals surface area contributed by atoms with Crippen LogP contribution in [0.3, 0.4) is 0 Å². The van der Waals surface area contributed by atoms with Crippen molar-refractivity contribution in [3.05, 3.63) is 125 Å². The van der Waals surface area contributed by atoms with Crippen molar-refractivity contribution in [3.63, 3.8) is 0 Å². The number of nitrogens with one attached hydrogen (secondary N) is 2. The van der Waals surface area contributed by atoms with E-state index >= 15 is 0 Å². The number of rotatable bonds is 12. The summed E-state index contributed by atoms with van der Waals surface area (Å²) >= 11 is 5.48. The van der Waals surface area contributed by atoms with Gasteiger partial charge in [0.15, 0.2) is 10.7 Å². The van der Waals surface area contributed by atoms with Crippen LogP contribution < -0.4 is 10.6 Å². The fourth-order valence-electron chi connectivity index (χ4n) is 4.32. The summed E-state index contributed by atoms with van der Waals surface area (Å²) in [7, 11) is 0. The third-order valence-electron chi connectivity index (χ3n) is 6.42. The van der Waals surface area contributed by atoms with E-state index in [-0.39, 0.29) is 18.1 Å². The number of hydrogen-bond acceptors (Lipinski definition) is 6. The van der Waals surface area contributed by atoms with Gasteiger partial charge in [-0.1, -0.05) is 67.6 Å². The van der Waals surface area contributed by atoms with Gasteiger partial charge in [0.2, 0.25) is 0 Å². The molecule has 0 saturated carbocycles. The number of benzene rings is 2. The Bertz CT molecular complexity index is 1360. The van der Waals surface area contributed by atoms with Gasteiger partial charge in [0, 0.05) is 42.3 Å². The zero-order chi connectivity index (χ0) is 29.1. The van der Waals surface area contributed by atoms with Crippen molar-refractivity contribution in [2.45, 2.75) is 45.8 Å². The largest absolute Gasteiger partial charge is 0.516 e. The van der Waals surface area contributed by atoms with E-state index < -0.39 is 11.6 Å². The molecule has 2 aromatic carbocycles. The summed E-state index contributed by atoms with van der Waals surface area (Å²) in [6.07, 6.45) is 9.81. The molecule has 1 aliphatic rings. The van der Waals surface area contributed by atoms with E-state index in [1.165, 1.54) is 17.7 Å². The molecule has 8 heteroatoms. The monoisotopic (exact) mass is 560 g/mol. The van der Waals surface area contributed by atoms with Crippen molar-refractivity contribution < 1.29 is 24.5 Å². The summed E-state index contributed by atoms with van der Waals surface area (Å²) in [5, 5.41) is 26.2. The number of hydrogen-bond donors (Lipinski definition) is 4. The van der Waals surface area contributed by atoms with Gasteiger partial charge in [0.05, 0.1) is 17.6 Å². The number of aliphatic hydroxyl groups excluding tert-OH is 2. The molecule has 0 amide bonds. The number of ether oxygens (including phenoxy) is 2. The second kappa shape index (κ2) is 14.2. The van der Waals surface area contributed by atoms with Crippen LogP contribution in [0, 0.1) is 6.92 Å². The van der Waals surface area contributed by atoms with Gasteiger partial charge in [0.1, 0.15) is 12.4 Å². The van der Waals surface area contributed by atoms with Crippen molar-refractivity contribution in [3.8, 4) is 0 Å². The highest BCUT2D eigenvalue weighted by molar-refractivity contribution is 7.80. The number of cyclic esters (lactones) is 1. The Hall–Kier alpha value is -4.30. The summed E-state index contributed by atoms with van der Waals surface area (Å²) in [6, 6.07) is 13.5. The van der Waals surface area contributed by atoms with Gasteiger partial charge in [0.25, 0.3) is 0 Å². The zero-order valence-corrected chi connectivity index (χ0v) is 23.9. The number of allylic oxidation sites excluding steroid dienone is 3. The Morgan fingerprint density at radius 1 is 1.20 bits per heavy atom. The van der Waals surface area contributed by atoms with Crippen LogP contribution in [0.25, 0.3) is 0 Å². The van der Waals surface area contributed by atoms with Gasteiger partial charge in [-0.15, -0.1) is 0 Å². The fraction of sp³-hybridized carbons (Fsp3) is 0.250. The third kappa shape index (κ3) is 7.21. The highest BCUT2D eigenvalue weighted by atomic mass is 32.1. The van der Waals surface area contributed by atoms with Crippen LogP contribution >= 0.6 is 12.2 Å². The number of aryl methyl sites for hydroxylation is 1. The van der Waals surface area contributed by atoms with Crippen LogP contribution in [0.2, 0.25) is 0 Å². The average molecular weight is 561 g/mol. The lowest BCUT2D eigenvalue weighted by molar-refractivity contribution is 0.00981. The minimum atomic E-state index is -1.24. The first-order chi connectivity index (χ1) is 19.3. The molecule has 0 fully saturated rings. The van der Waals surface area contributed by atoms with Crippen LogP contribution in [0.1, 0.15) is 53.7 Å². The number of anilines is 1. The second-order valence-electron chi connectivity index (χ2n) is 9.21. The van der Waals surface area contributed by atoms with E-state index in [1.54, 1.807) is 19.1 Å². The number of esters is 1. The van der Waals surface area contributed by atoms with Crippen molar-refractivity contribution >= 4 is 29.0 Å². The summed E-state index contributed by atoms with van der Waals surface area (Å²) < 4.78 is 12.0. The Kier molecular flexibility index (Phi) is 10.7. The molecule has 1 aliphatic heterocycles. The quantitative estimate of drug-likeness (QED) is 0.0711. The maximum atomic E-state index is 13.3. The maximum absolute atomic E-state index is 13.3. The molecule has 4 N–H and O–H groups in total. The molecular weight excluding hydrogens is 524 g/mol. The number of aliphatic hydroxyl groups is 2. The van der Waals surface area contributed by atoms with Crippen LogP contribution in [0.15, 0.2) is 103 Å². The molecular formula is C32H36N2O5S. The number of carbonyl (C=O) groups is 1. The second-order valence-corrected chi connectivity index (χ2v) is 9.62. The molecule has 0 saturated heterocycles. The fourth-order valence-corrected chi connectivity index (χ4v) is 4.51. The smallest absolute Gasteiger partial charge is 0.339 e. The first-order valence-corrected chi connectivity index (χ1v) is 13.5. The van der Waals surface area contributed by atoms with Gasteiger partial charge < -0.3 is 30.3 Å². The standard InChI is InChI=1S/C32H36N2O5S/c1-5-8-16-32(27(7-3)29(20-25(36)6-2)38-18-9-17-35)28-15-14-24(19-26(28)30(37)39-32)34-31(40)33-21-23-12-10-22(4)11-13-23/h5,7-15,17,19-20,35-36H,3,6,16,18,21H2,1-2,4H3,(H2,33,34,40)/b8-5-,17-9+,25-20+,29-27-. The lowest BCUT2D eigenvalue weighted by Gasteiger charge is -2.31. The Balaban J connectivity index is 1.98. The van der Waals surface area contributed by atoms with Gasteiger partial charge in [-0.3, -0.25) is 0 Å². The summed E-state index contributed by atoms with van der Waals surface area (Å²) in [5.41, 5.74) is 3.17. The van der Waals surface area contributed by atoms with Crippen molar-refractivity contribution in [2.75, 3.05) is 11.9 Å². The maximum Gasteiger partial charge on any atom is 0.339 e. The molecule has 0 bridgehead atoms. The molecule has 0 aromatic heterocycles. The van der Waals surface area contributed by atoms with E-state index in [0.29, 0.717) is 46.9 Å². The lowest BCUT2D eigenvalue weighted by atomic mass is 9.81. The molecule has 1 unspecified atom stereocenters. The van der Waals surface area contributed by atoms with Crippen LogP contribution in [-0.4, -0.2) is 27.9 Å². The molecule has 0 aliphatic carbocycles. The van der Waals surface area contributed by atoms with E-state index in [2.05, 4.69) is 17.2 Å². The molecule has 0 radical (unpaired) electrons. The highest BCUT2D eigenvalue weighted by Gasteiger charge is 2.48. The van der Waals surface area contributed by atoms with E-state index in [4.69, 9.17) is 26.8 Å². The summed E-state index contributed by atoms with van der Waals surface area (Å²) in [4.78, 5) is 13.3. The minimum absolute atomic E-state index is 0.0348. The predicted octanol–water partition coefficient (Wildman–Crippen LogP) is 7.19. The van der Waals surface area contributed by atoms with Crippen LogP contribution in [0.5, 0.6) is 0 Å². The molecule has 0 spiro atoms. The first kappa shape index (κ1) is 30.2. The third-order valence-corrected chi connectivity index (χ3v) is 6.67. The van der Waals surface area contributed by atoms with Crippen LogP contribution in [-0.2, 0) is 21.6 Å². The highest BCUT2D eigenvalue weighted by Crippen LogP contribution is 2.47. The van der Waals surface area contributed by atoms with Crippen LogP contribution in [0.4, 0.5) is 5.69 Å².